The largest absolute Gasteiger partial charge is 0.455 e. The number of carbonyl (C=O) groups excluding carboxylic acids is 1. The molecule has 1 saturated heterocycles. The number of aliphatic hydroxyl groups is 1. The van der Waals surface area contributed by atoms with Crippen LogP contribution in [0.15, 0.2) is 82.5 Å². The third kappa shape index (κ3) is 5.11. The van der Waals surface area contributed by atoms with Gasteiger partial charge in [0.2, 0.25) is 0 Å². The quantitative estimate of drug-likeness (QED) is 0.416. The number of nitrogens with one attached hydrogen (secondary N) is 1. The number of aromatic nitrogens is 2. The zero-order valence-corrected chi connectivity index (χ0v) is 17.9. The highest BCUT2D eigenvalue weighted by molar-refractivity contribution is 5.89. The summed E-state index contributed by atoms with van der Waals surface area (Å²) in [4.78, 5) is 38.7. The minimum absolute atomic E-state index is 0.0955. The fourth-order valence-corrected chi connectivity index (χ4v) is 3.81. The summed E-state index contributed by atoms with van der Waals surface area (Å²) in [6.07, 6.45) is -2.23. The number of aromatic amines is 1. The number of hydrogen-bond acceptors (Lipinski definition) is 7. The maximum Gasteiger partial charge on any atom is 0.338 e. The van der Waals surface area contributed by atoms with Crippen molar-refractivity contribution < 1.29 is 24.1 Å². The molecule has 1 aromatic heterocycles. The number of benzene rings is 2. The van der Waals surface area contributed by atoms with Gasteiger partial charge in [0.1, 0.15) is 18.4 Å². The van der Waals surface area contributed by atoms with E-state index in [0.29, 0.717) is 11.1 Å². The van der Waals surface area contributed by atoms with Gasteiger partial charge in [-0.2, -0.15) is 0 Å². The van der Waals surface area contributed by atoms with Crippen LogP contribution in [0.4, 0.5) is 0 Å². The average molecular weight is 452 g/mol. The van der Waals surface area contributed by atoms with E-state index < -0.39 is 47.9 Å². The van der Waals surface area contributed by atoms with Crippen LogP contribution >= 0.6 is 0 Å². The standard InChI is InChI=1S/C24H24N2O7/c1-15-20(33-23(29)17-10-6-3-7-11-17)18(14-31-22(28)16-8-4-2-5-9-16)32-21(15)26-13-12-19(27)25-24(26)30/h2-13,15,18,20-22,28H,14H2,1H3,(H,25,27,30)/t15-,18+,20?,21+,22?/m0/s1. The Balaban J connectivity index is 1.56. The molecule has 2 N–H and O–H groups in total. The highest BCUT2D eigenvalue weighted by atomic mass is 16.6. The van der Waals surface area contributed by atoms with Crippen molar-refractivity contribution in [2.75, 3.05) is 6.61 Å². The second-order valence-corrected chi connectivity index (χ2v) is 7.77. The maximum atomic E-state index is 12.7. The molecule has 1 aliphatic rings. The van der Waals surface area contributed by atoms with Crippen molar-refractivity contribution in [3.8, 4) is 0 Å². The number of nitrogens with zero attached hydrogens (tertiary/aromatic N) is 1. The monoisotopic (exact) mass is 452 g/mol. The van der Waals surface area contributed by atoms with Gasteiger partial charge in [0.25, 0.3) is 5.56 Å². The number of ether oxygens (including phenoxy) is 3. The summed E-state index contributed by atoms with van der Waals surface area (Å²) >= 11 is 0. The smallest absolute Gasteiger partial charge is 0.338 e. The summed E-state index contributed by atoms with van der Waals surface area (Å²) in [6, 6.07) is 18.5. The van der Waals surface area contributed by atoms with Crippen LogP contribution in [0.2, 0.25) is 0 Å². The molecule has 1 aliphatic heterocycles. The van der Waals surface area contributed by atoms with E-state index in [-0.39, 0.29) is 6.61 Å². The van der Waals surface area contributed by atoms with Crippen molar-refractivity contribution in [2.24, 2.45) is 5.92 Å². The zero-order chi connectivity index (χ0) is 23.4. The molecule has 1 fully saturated rings. The van der Waals surface area contributed by atoms with Crippen molar-refractivity contribution in [3.05, 3.63) is 105 Å². The fraction of sp³-hybridized carbons (Fsp3) is 0.292. The van der Waals surface area contributed by atoms with Crippen molar-refractivity contribution in [1.29, 1.82) is 0 Å². The van der Waals surface area contributed by atoms with E-state index in [9.17, 15) is 19.5 Å². The van der Waals surface area contributed by atoms with Crippen LogP contribution in [0.5, 0.6) is 0 Å². The van der Waals surface area contributed by atoms with Gasteiger partial charge in [-0.05, 0) is 12.1 Å². The molecule has 0 spiro atoms. The first kappa shape index (κ1) is 22.7. The Morgan fingerprint density at radius 2 is 1.76 bits per heavy atom. The maximum absolute atomic E-state index is 12.7. The van der Waals surface area contributed by atoms with Gasteiger partial charge in [0.15, 0.2) is 6.29 Å². The van der Waals surface area contributed by atoms with Crippen molar-refractivity contribution >= 4 is 5.97 Å². The molecule has 0 saturated carbocycles. The Bertz CT molecular complexity index is 1190. The minimum Gasteiger partial charge on any atom is -0.455 e. The van der Waals surface area contributed by atoms with Gasteiger partial charge >= 0.3 is 11.7 Å². The normalized spacial score (nSPS) is 23.2. The summed E-state index contributed by atoms with van der Waals surface area (Å²) in [5.74, 6) is -0.997. The van der Waals surface area contributed by atoms with Gasteiger partial charge in [-0.25, -0.2) is 9.59 Å². The van der Waals surface area contributed by atoms with Gasteiger partial charge in [0.05, 0.1) is 12.2 Å². The van der Waals surface area contributed by atoms with Crippen LogP contribution in [0.3, 0.4) is 0 Å². The number of hydrogen-bond donors (Lipinski definition) is 2. The van der Waals surface area contributed by atoms with Crippen molar-refractivity contribution in [1.82, 2.24) is 9.55 Å². The molecule has 172 valence electrons. The lowest BCUT2D eigenvalue weighted by Crippen LogP contribution is -2.36. The second kappa shape index (κ2) is 9.95. The summed E-state index contributed by atoms with van der Waals surface area (Å²) in [5.41, 5.74) is -0.230. The molecule has 33 heavy (non-hydrogen) atoms. The van der Waals surface area contributed by atoms with E-state index in [1.807, 2.05) is 6.07 Å². The van der Waals surface area contributed by atoms with E-state index in [0.717, 1.165) is 0 Å². The lowest BCUT2D eigenvalue weighted by atomic mass is 10.0. The second-order valence-electron chi connectivity index (χ2n) is 7.77. The molecule has 3 aromatic rings. The van der Waals surface area contributed by atoms with E-state index in [4.69, 9.17) is 14.2 Å². The Hall–Kier alpha value is -3.53. The summed E-state index contributed by atoms with van der Waals surface area (Å²) < 4.78 is 18.7. The summed E-state index contributed by atoms with van der Waals surface area (Å²) in [6.45, 7) is 1.68. The average Bonchev–Trinajstić information content (AvgIpc) is 3.13. The van der Waals surface area contributed by atoms with Crippen molar-refractivity contribution in [3.63, 3.8) is 0 Å². The Morgan fingerprint density at radius 1 is 1.09 bits per heavy atom. The lowest BCUT2D eigenvalue weighted by Gasteiger charge is -2.22. The van der Waals surface area contributed by atoms with Crippen LogP contribution in [-0.4, -0.2) is 39.4 Å². The number of rotatable bonds is 7. The minimum atomic E-state index is -1.20. The number of esters is 1. The summed E-state index contributed by atoms with van der Waals surface area (Å²) in [7, 11) is 0. The van der Waals surface area contributed by atoms with E-state index in [1.165, 1.54) is 16.8 Å². The molecule has 2 aromatic carbocycles. The molecule has 0 bridgehead atoms. The molecule has 2 unspecified atom stereocenters. The number of aliphatic hydroxyl groups excluding tert-OH is 1. The third-order valence-electron chi connectivity index (χ3n) is 5.53. The molecule has 0 radical (unpaired) electrons. The molecule has 4 rings (SSSR count). The first-order chi connectivity index (χ1) is 15.9. The molecule has 0 amide bonds. The van der Waals surface area contributed by atoms with E-state index >= 15 is 0 Å². The molecule has 5 atom stereocenters. The van der Waals surface area contributed by atoms with Crippen LogP contribution in [0.25, 0.3) is 0 Å². The number of carbonyl (C=O) groups is 1. The van der Waals surface area contributed by atoms with Crippen LogP contribution < -0.4 is 11.2 Å². The first-order valence-electron chi connectivity index (χ1n) is 10.5. The molecule has 2 heterocycles. The molecule has 9 heteroatoms. The van der Waals surface area contributed by atoms with E-state index in [2.05, 4.69) is 4.98 Å². The van der Waals surface area contributed by atoms with Crippen molar-refractivity contribution in [2.45, 2.75) is 31.6 Å². The highest BCUT2D eigenvalue weighted by Crippen LogP contribution is 2.36. The van der Waals surface area contributed by atoms with Gasteiger partial charge in [-0.1, -0.05) is 55.5 Å². The molecular formula is C24H24N2O7. The zero-order valence-electron chi connectivity index (χ0n) is 17.9. The van der Waals surface area contributed by atoms with Crippen LogP contribution in [0, 0.1) is 5.92 Å². The number of H-pyrrole nitrogens is 1. The predicted octanol–water partition coefficient (Wildman–Crippen LogP) is 2.00. The lowest BCUT2D eigenvalue weighted by molar-refractivity contribution is -0.147. The topological polar surface area (TPSA) is 120 Å². The molecule has 0 aliphatic carbocycles. The van der Waals surface area contributed by atoms with E-state index in [1.54, 1.807) is 61.5 Å². The third-order valence-corrected chi connectivity index (χ3v) is 5.53. The van der Waals surface area contributed by atoms with Gasteiger partial charge in [-0.3, -0.25) is 14.3 Å². The molecule has 9 nitrogen and oxygen atoms in total. The Morgan fingerprint density at radius 3 is 2.42 bits per heavy atom. The first-order valence-corrected chi connectivity index (χ1v) is 10.5. The van der Waals surface area contributed by atoms with Gasteiger partial charge in [0, 0.05) is 23.7 Å². The Kier molecular flexibility index (Phi) is 6.83. The molecular weight excluding hydrogens is 428 g/mol. The predicted molar refractivity (Wildman–Crippen MR) is 117 cm³/mol. The summed E-state index contributed by atoms with van der Waals surface area (Å²) in [5, 5.41) is 10.4. The SMILES string of the molecule is C[C@H]1C(OC(=O)c2ccccc2)[C@@H](COC(O)c2ccccc2)O[C@H]1n1ccc(=O)[nH]c1=O. The van der Waals surface area contributed by atoms with Gasteiger partial charge < -0.3 is 19.3 Å². The Labute approximate surface area is 189 Å². The fourth-order valence-electron chi connectivity index (χ4n) is 3.81. The highest BCUT2D eigenvalue weighted by Gasteiger charge is 2.46. The van der Waals surface area contributed by atoms with Crippen LogP contribution in [-0.2, 0) is 14.2 Å². The van der Waals surface area contributed by atoms with Gasteiger partial charge in [-0.15, -0.1) is 0 Å². The van der Waals surface area contributed by atoms with Crippen LogP contribution in [0.1, 0.15) is 35.4 Å².